The van der Waals surface area contributed by atoms with Crippen LogP contribution in [0.5, 0.6) is 0 Å². The standard InChI is InChI=1S/C48H28N4OS/c1-3-12-30(13-4-1)45-50-46(31-24-22-29(23-25-31)38-26-33-16-7-8-17-34(33)35-18-9-10-19-36(35)38)52-47(51-45)37-20-11-21-42-44(37)39-27-41-40(28-43(39)54-42)49-48(53-41)32-14-5-2-6-15-32/h1-28H. The van der Waals surface area contributed by atoms with Gasteiger partial charge in [-0.1, -0.05) is 133 Å². The van der Waals surface area contributed by atoms with Crippen molar-refractivity contribution >= 4 is 64.2 Å². The van der Waals surface area contributed by atoms with Gasteiger partial charge < -0.3 is 4.42 Å². The molecule has 11 rings (SSSR count). The van der Waals surface area contributed by atoms with E-state index >= 15 is 0 Å². The molecule has 54 heavy (non-hydrogen) atoms. The van der Waals surface area contributed by atoms with E-state index in [1.165, 1.54) is 27.1 Å². The molecule has 8 aromatic carbocycles. The molecule has 0 saturated carbocycles. The van der Waals surface area contributed by atoms with Gasteiger partial charge in [-0.15, -0.1) is 11.3 Å². The molecule has 0 aliphatic carbocycles. The molecule has 3 heterocycles. The second kappa shape index (κ2) is 12.3. The predicted octanol–water partition coefficient (Wildman–Crippen LogP) is 13.0. The second-order valence-corrected chi connectivity index (χ2v) is 14.5. The highest BCUT2D eigenvalue weighted by Crippen LogP contribution is 2.42. The normalized spacial score (nSPS) is 11.7. The molecule has 0 fully saturated rings. The van der Waals surface area contributed by atoms with Crippen LogP contribution in [0.2, 0.25) is 0 Å². The number of hydrogen-bond acceptors (Lipinski definition) is 6. The molecular weight excluding hydrogens is 681 g/mol. The maximum Gasteiger partial charge on any atom is 0.227 e. The van der Waals surface area contributed by atoms with Crippen LogP contribution in [-0.4, -0.2) is 19.9 Å². The average Bonchev–Trinajstić information content (AvgIpc) is 3.83. The van der Waals surface area contributed by atoms with E-state index in [-0.39, 0.29) is 0 Å². The minimum atomic E-state index is 0.613. The van der Waals surface area contributed by atoms with Gasteiger partial charge in [0.25, 0.3) is 0 Å². The molecule has 0 saturated heterocycles. The number of hydrogen-bond donors (Lipinski definition) is 0. The molecule has 0 atom stereocenters. The molecule has 0 amide bonds. The summed E-state index contributed by atoms with van der Waals surface area (Å²) in [5.74, 6) is 2.48. The monoisotopic (exact) mass is 708 g/mol. The van der Waals surface area contributed by atoms with Crippen molar-refractivity contribution in [1.29, 1.82) is 0 Å². The Hall–Kier alpha value is -7.02. The van der Waals surface area contributed by atoms with Gasteiger partial charge in [0.15, 0.2) is 23.1 Å². The molecule has 0 aliphatic heterocycles. The minimum Gasteiger partial charge on any atom is -0.436 e. The van der Waals surface area contributed by atoms with Crippen molar-refractivity contribution in [3.05, 3.63) is 170 Å². The maximum atomic E-state index is 6.32. The van der Waals surface area contributed by atoms with Crippen molar-refractivity contribution in [3.63, 3.8) is 0 Å². The Kier molecular flexibility index (Phi) is 6.97. The highest BCUT2D eigenvalue weighted by Gasteiger charge is 2.19. The van der Waals surface area contributed by atoms with Crippen LogP contribution in [0.25, 0.3) is 110 Å². The Labute approximate surface area is 313 Å². The summed E-state index contributed by atoms with van der Waals surface area (Å²) < 4.78 is 8.60. The van der Waals surface area contributed by atoms with Gasteiger partial charge >= 0.3 is 0 Å². The van der Waals surface area contributed by atoms with E-state index in [4.69, 9.17) is 24.4 Å². The van der Waals surface area contributed by atoms with E-state index in [0.29, 0.717) is 23.4 Å². The Morgan fingerprint density at radius 2 is 1.02 bits per heavy atom. The van der Waals surface area contributed by atoms with Crippen LogP contribution in [0.1, 0.15) is 0 Å². The third kappa shape index (κ3) is 5.07. The van der Waals surface area contributed by atoms with Crippen LogP contribution >= 0.6 is 11.3 Å². The van der Waals surface area contributed by atoms with Gasteiger partial charge in [-0.3, -0.25) is 0 Å². The Morgan fingerprint density at radius 3 is 1.80 bits per heavy atom. The minimum absolute atomic E-state index is 0.613. The predicted molar refractivity (Wildman–Crippen MR) is 222 cm³/mol. The fourth-order valence-corrected chi connectivity index (χ4v) is 8.72. The maximum absolute atomic E-state index is 6.32. The van der Waals surface area contributed by atoms with E-state index in [1.54, 1.807) is 11.3 Å². The number of oxazole rings is 1. The lowest BCUT2D eigenvalue weighted by atomic mass is 9.93. The lowest BCUT2D eigenvalue weighted by Crippen LogP contribution is -2.00. The van der Waals surface area contributed by atoms with Crippen LogP contribution in [0, 0.1) is 0 Å². The summed E-state index contributed by atoms with van der Waals surface area (Å²) in [4.78, 5) is 20.2. The number of rotatable bonds is 5. The highest BCUT2D eigenvalue weighted by molar-refractivity contribution is 7.26. The summed E-state index contributed by atoms with van der Waals surface area (Å²) in [5, 5.41) is 7.14. The molecule has 0 unspecified atom stereocenters. The summed E-state index contributed by atoms with van der Waals surface area (Å²) in [6.07, 6.45) is 0. The van der Waals surface area contributed by atoms with E-state index in [9.17, 15) is 0 Å². The van der Waals surface area contributed by atoms with Crippen molar-refractivity contribution in [2.75, 3.05) is 0 Å². The zero-order chi connectivity index (χ0) is 35.6. The van der Waals surface area contributed by atoms with Crippen molar-refractivity contribution in [2.45, 2.75) is 0 Å². The van der Waals surface area contributed by atoms with Crippen molar-refractivity contribution in [1.82, 2.24) is 19.9 Å². The van der Waals surface area contributed by atoms with E-state index in [0.717, 1.165) is 59.1 Å². The number of benzene rings is 8. The quantitative estimate of drug-likeness (QED) is 0.167. The molecule has 0 bridgehead atoms. The van der Waals surface area contributed by atoms with Crippen LogP contribution in [0.15, 0.2) is 174 Å². The molecule has 11 aromatic rings. The van der Waals surface area contributed by atoms with Crippen molar-refractivity contribution < 1.29 is 4.42 Å². The summed E-state index contributed by atoms with van der Waals surface area (Å²) in [7, 11) is 0. The molecule has 0 radical (unpaired) electrons. The Balaban J connectivity index is 1.06. The molecule has 0 spiro atoms. The van der Waals surface area contributed by atoms with Crippen molar-refractivity contribution in [3.8, 4) is 56.7 Å². The first-order valence-electron chi connectivity index (χ1n) is 17.9. The smallest absolute Gasteiger partial charge is 0.227 e. The second-order valence-electron chi connectivity index (χ2n) is 13.4. The molecular formula is C48H28N4OS. The zero-order valence-corrected chi connectivity index (χ0v) is 29.6. The highest BCUT2D eigenvalue weighted by atomic mass is 32.1. The lowest BCUT2D eigenvalue weighted by Gasteiger charge is -2.12. The third-order valence-corrected chi connectivity index (χ3v) is 11.3. The SMILES string of the molecule is c1ccc(-c2nc(-c3ccc(-c4cc5ccccc5c5ccccc45)cc3)nc(-c3cccc4sc5cc6nc(-c7ccccc7)oc6cc5c34)n2)cc1. The molecule has 252 valence electrons. The van der Waals surface area contributed by atoms with Gasteiger partial charge in [0, 0.05) is 42.4 Å². The van der Waals surface area contributed by atoms with Gasteiger partial charge in [0.2, 0.25) is 5.89 Å². The van der Waals surface area contributed by atoms with Gasteiger partial charge in [0.1, 0.15) is 5.52 Å². The summed E-state index contributed by atoms with van der Waals surface area (Å²) in [6, 6.07) is 58.9. The van der Waals surface area contributed by atoms with Gasteiger partial charge in [-0.2, -0.15) is 0 Å². The topological polar surface area (TPSA) is 64.7 Å². The average molecular weight is 709 g/mol. The van der Waals surface area contributed by atoms with E-state index < -0.39 is 0 Å². The Bertz CT molecular complexity index is 3210. The van der Waals surface area contributed by atoms with E-state index in [2.05, 4.69) is 109 Å². The summed E-state index contributed by atoms with van der Waals surface area (Å²) >= 11 is 1.74. The van der Waals surface area contributed by atoms with Gasteiger partial charge in [-0.05, 0) is 69.1 Å². The molecule has 0 aliphatic rings. The largest absolute Gasteiger partial charge is 0.436 e. The zero-order valence-electron chi connectivity index (χ0n) is 28.8. The van der Waals surface area contributed by atoms with Crippen LogP contribution in [0.4, 0.5) is 0 Å². The van der Waals surface area contributed by atoms with Gasteiger partial charge in [-0.25, -0.2) is 19.9 Å². The fraction of sp³-hybridized carbons (Fsp3) is 0. The summed E-state index contributed by atoms with van der Waals surface area (Å²) in [5.41, 5.74) is 7.67. The number of fused-ring (bicyclic) bond motifs is 7. The number of thiophene rings is 1. The molecule has 3 aromatic heterocycles. The first kappa shape index (κ1) is 30.6. The first-order valence-corrected chi connectivity index (χ1v) is 18.7. The van der Waals surface area contributed by atoms with Gasteiger partial charge in [0.05, 0.1) is 0 Å². The van der Waals surface area contributed by atoms with Crippen LogP contribution in [-0.2, 0) is 0 Å². The molecule has 0 N–H and O–H groups in total. The fourth-order valence-electron chi connectivity index (χ4n) is 7.57. The Morgan fingerprint density at radius 1 is 0.389 bits per heavy atom. The van der Waals surface area contributed by atoms with Crippen molar-refractivity contribution in [2.24, 2.45) is 0 Å². The third-order valence-electron chi connectivity index (χ3n) is 10.2. The van der Waals surface area contributed by atoms with Crippen LogP contribution < -0.4 is 0 Å². The molecule has 6 heteroatoms. The number of aromatic nitrogens is 4. The molecule has 5 nitrogen and oxygen atoms in total. The lowest BCUT2D eigenvalue weighted by molar-refractivity contribution is 0.620. The van der Waals surface area contributed by atoms with Crippen LogP contribution in [0.3, 0.4) is 0 Å². The first-order chi connectivity index (χ1) is 26.7. The summed E-state index contributed by atoms with van der Waals surface area (Å²) in [6.45, 7) is 0. The van der Waals surface area contributed by atoms with E-state index in [1.807, 2.05) is 60.7 Å². The number of nitrogens with zero attached hydrogens (tertiary/aromatic N) is 4.